The second-order valence-corrected chi connectivity index (χ2v) is 9.81. The van der Waals surface area contributed by atoms with Crippen LogP contribution in [0.1, 0.15) is 51.0 Å². The molecule has 7 heteroatoms. The molecule has 0 bridgehead atoms. The molecule has 0 spiro atoms. The number of nitrogens with one attached hydrogen (secondary N) is 1. The first-order valence-electron chi connectivity index (χ1n) is 9.78. The molecule has 1 heterocycles. The van der Waals surface area contributed by atoms with E-state index in [1.165, 1.54) is 10.7 Å². The van der Waals surface area contributed by atoms with Crippen LogP contribution >= 0.6 is 0 Å². The fraction of sp³-hybridized carbons (Fsp3) is 0.600. The maximum Gasteiger partial charge on any atom is 0.244 e. The molecular formula is C20H29N3O3S. The zero-order valence-corrected chi connectivity index (χ0v) is 17.0. The highest BCUT2D eigenvalue weighted by Gasteiger charge is 2.33. The Hall–Kier alpha value is -1.73. The zero-order chi connectivity index (χ0) is 19.4. The van der Waals surface area contributed by atoms with Gasteiger partial charge in [-0.15, -0.1) is 0 Å². The molecule has 1 N–H and O–H groups in total. The van der Waals surface area contributed by atoms with E-state index >= 15 is 0 Å². The monoisotopic (exact) mass is 391 g/mol. The number of piperidine rings is 1. The summed E-state index contributed by atoms with van der Waals surface area (Å²) in [5.41, 5.74) is 4.75. The van der Waals surface area contributed by atoms with Crippen molar-refractivity contribution in [2.45, 2.75) is 57.3 Å². The lowest BCUT2D eigenvalue weighted by atomic mass is 9.89. The topological polar surface area (TPSA) is 78.8 Å². The summed E-state index contributed by atoms with van der Waals surface area (Å²) in [5.74, 6) is 0.0769. The van der Waals surface area contributed by atoms with E-state index in [-0.39, 0.29) is 23.3 Å². The van der Waals surface area contributed by atoms with Crippen LogP contribution in [0.2, 0.25) is 0 Å². The summed E-state index contributed by atoms with van der Waals surface area (Å²) in [6, 6.07) is 6.85. The van der Waals surface area contributed by atoms with E-state index < -0.39 is 10.0 Å². The normalized spacial score (nSPS) is 26.1. The Kier molecular flexibility index (Phi) is 6.32. The van der Waals surface area contributed by atoms with Crippen molar-refractivity contribution in [2.24, 2.45) is 16.9 Å². The summed E-state index contributed by atoms with van der Waals surface area (Å²) in [6.45, 7) is 4.78. The minimum absolute atomic E-state index is 0.176. The number of carbonyl (C=O) groups is 1. The molecular weight excluding hydrogens is 362 g/mol. The molecule has 1 aromatic carbocycles. The predicted molar refractivity (Wildman–Crippen MR) is 106 cm³/mol. The highest BCUT2D eigenvalue weighted by molar-refractivity contribution is 7.89. The summed E-state index contributed by atoms with van der Waals surface area (Å²) >= 11 is 0. The number of rotatable bonds is 4. The predicted octanol–water partition coefficient (Wildman–Crippen LogP) is 3.08. The third-order valence-electron chi connectivity index (χ3n) is 5.48. The lowest BCUT2D eigenvalue weighted by Crippen LogP contribution is -2.44. The first-order valence-corrected chi connectivity index (χ1v) is 11.2. The number of benzene rings is 1. The van der Waals surface area contributed by atoms with E-state index in [2.05, 4.69) is 17.5 Å². The van der Waals surface area contributed by atoms with Gasteiger partial charge in [0, 0.05) is 18.8 Å². The van der Waals surface area contributed by atoms with Gasteiger partial charge >= 0.3 is 0 Å². The molecule has 27 heavy (non-hydrogen) atoms. The number of hydrogen-bond acceptors (Lipinski definition) is 4. The van der Waals surface area contributed by atoms with Gasteiger partial charge < -0.3 is 0 Å². The minimum Gasteiger partial charge on any atom is -0.273 e. The van der Waals surface area contributed by atoms with Crippen molar-refractivity contribution in [3.05, 3.63) is 29.8 Å². The van der Waals surface area contributed by atoms with E-state index in [9.17, 15) is 13.2 Å². The van der Waals surface area contributed by atoms with Crippen LogP contribution in [0.25, 0.3) is 0 Å². The maximum atomic E-state index is 12.9. The molecule has 0 aromatic heterocycles. The third kappa shape index (κ3) is 4.96. The average molecular weight is 392 g/mol. The van der Waals surface area contributed by atoms with Gasteiger partial charge in [-0.3, -0.25) is 4.79 Å². The molecule has 6 nitrogen and oxygen atoms in total. The molecule has 0 radical (unpaired) electrons. The van der Waals surface area contributed by atoms with Crippen LogP contribution in [0.4, 0.5) is 0 Å². The van der Waals surface area contributed by atoms with Gasteiger partial charge in [-0.2, -0.15) is 9.41 Å². The molecule has 2 atom stereocenters. The number of amides is 1. The highest BCUT2D eigenvalue weighted by atomic mass is 32.2. The molecule has 0 unspecified atom stereocenters. The van der Waals surface area contributed by atoms with Gasteiger partial charge in [0.2, 0.25) is 15.9 Å². The number of sulfonamides is 1. The molecule has 2 aliphatic rings. The highest BCUT2D eigenvalue weighted by Crippen LogP contribution is 2.25. The molecule has 148 valence electrons. The lowest BCUT2D eigenvalue weighted by Gasteiger charge is -2.31. The van der Waals surface area contributed by atoms with Gasteiger partial charge in [0.15, 0.2) is 0 Å². The van der Waals surface area contributed by atoms with Crippen molar-refractivity contribution >= 4 is 21.6 Å². The Morgan fingerprint density at radius 1 is 1.19 bits per heavy atom. The van der Waals surface area contributed by atoms with Gasteiger partial charge in [-0.1, -0.05) is 24.6 Å². The summed E-state index contributed by atoms with van der Waals surface area (Å²) in [7, 11) is -3.57. The molecule has 2 fully saturated rings. The van der Waals surface area contributed by atoms with E-state index in [0.717, 1.165) is 30.5 Å². The van der Waals surface area contributed by atoms with Crippen molar-refractivity contribution in [3.8, 4) is 0 Å². The van der Waals surface area contributed by atoms with Crippen LogP contribution in [0.5, 0.6) is 0 Å². The van der Waals surface area contributed by atoms with E-state index in [4.69, 9.17) is 0 Å². The molecule has 3 rings (SSSR count). The van der Waals surface area contributed by atoms with Gasteiger partial charge in [0.05, 0.1) is 10.8 Å². The van der Waals surface area contributed by atoms with Crippen LogP contribution < -0.4 is 5.43 Å². The van der Waals surface area contributed by atoms with Gasteiger partial charge in [-0.05, 0) is 63.5 Å². The van der Waals surface area contributed by atoms with Crippen LogP contribution in [0, 0.1) is 18.8 Å². The quantitative estimate of drug-likeness (QED) is 0.801. The smallest absolute Gasteiger partial charge is 0.244 e. The lowest BCUT2D eigenvalue weighted by molar-refractivity contribution is -0.126. The van der Waals surface area contributed by atoms with Crippen LogP contribution in [0.15, 0.2) is 34.3 Å². The number of nitrogens with zero attached hydrogens (tertiary/aromatic N) is 2. The number of hydrogen-bond donors (Lipinski definition) is 1. The van der Waals surface area contributed by atoms with Crippen molar-refractivity contribution in [1.82, 2.24) is 9.73 Å². The van der Waals surface area contributed by atoms with Gasteiger partial charge in [0.1, 0.15) is 0 Å². The van der Waals surface area contributed by atoms with E-state index in [1.54, 1.807) is 24.3 Å². The Morgan fingerprint density at radius 2 is 1.93 bits per heavy atom. The molecule has 1 aromatic rings. The van der Waals surface area contributed by atoms with Crippen LogP contribution in [0.3, 0.4) is 0 Å². The van der Waals surface area contributed by atoms with Gasteiger partial charge in [-0.25, -0.2) is 13.8 Å². The fourth-order valence-corrected chi connectivity index (χ4v) is 5.35. The van der Waals surface area contributed by atoms with Crippen LogP contribution in [-0.4, -0.2) is 37.4 Å². The maximum absolute atomic E-state index is 12.9. The van der Waals surface area contributed by atoms with Gasteiger partial charge in [0.25, 0.3) is 0 Å². The second-order valence-electron chi connectivity index (χ2n) is 7.87. The first kappa shape index (κ1) is 20.0. The van der Waals surface area contributed by atoms with Crippen LogP contribution in [-0.2, 0) is 14.8 Å². The zero-order valence-electron chi connectivity index (χ0n) is 16.1. The summed E-state index contributed by atoms with van der Waals surface area (Å²) in [4.78, 5) is 12.8. The standard InChI is InChI=1S/C20H29N3O3S/c1-15-8-10-19(11-9-15)27(25,26)23-12-4-6-17(14-23)20(24)22-21-18-7-3-5-16(2)13-18/h8-11,16-17H,3-7,12-14H2,1-2H3,(H,22,24)/b21-18-/t16-,17-/m0/s1. The summed E-state index contributed by atoms with van der Waals surface area (Å²) < 4.78 is 27.2. The largest absolute Gasteiger partial charge is 0.273 e. The third-order valence-corrected chi connectivity index (χ3v) is 7.36. The average Bonchev–Trinajstić information content (AvgIpc) is 2.66. The molecule has 1 saturated heterocycles. The van der Waals surface area contributed by atoms with Crippen molar-refractivity contribution in [1.29, 1.82) is 0 Å². The second kappa shape index (κ2) is 8.52. The van der Waals surface area contributed by atoms with Crippen molar-refractivity contribution in [3.63, 3.8) is 0 Å². The Morgan fingerprint density at radius 3 is 2.63 bits per heavy atom. The Bertz CT molecular complexity index is 802. The van der Waals surface area contributed by atoms with E-state index in [1.807, 2.05) is 6.92 Å². The van der Waals surface area contributed by atoms with Crippen molar-refractivity contribution < 1.29 is 13.2 Å². The number of hydrazone groups is 1. The number of aryl methyl sites for hydroxylation is 1. The summed E-state index contributed by atoms with van der Waals surface area (Å²) in [5, 5.41) is 4.31. The minimum atomic E-state index is -3.57. The Balaban J connectivity index is 1.64. The molecule has 1 amide bonds. The summed E-state index contributed by atoms with van der Waals surface area (Å²) in [6.07, 6.45) is 5.55. The van der Waals surface area contributed by atoms with E-state index in [0.29, 0.717) is 25.3 Å². The fourth-order valence-electron chi connectivity index (χ4n) is 3.82. The number of carbonyl (C=O) groups excluding carboxylic acids is 1. The first-order chi connectivity index (χ1) is 12.9. The molecule has 1 aliphatic carbocycles. The molecule has 1 saturated carbocycles. The van der Waals surface area contributed by atoms with Crippen molar-refractivity contribution in [2.75, 3.05) is 13.1 Å². The Labute approximate surface area is 162 Å². The molecule has 1 aliphatic heterocycles. The SMILES string of the molecule is Cc1ccc(S(=O)(=O)N2CCC[C@H](C(=O)N/N=C3/CCC[C@H](C)C3)C2)cc1.